The third-order valence-corrected chi connectivity index (χ3v) is 24.3. The molecular weight excluding hydrogens is 344 g/mol. The zero-order valence-corrected chi connectivity index (χ0v) is 20.7. The molecule has 0 saturated heterocycles. The van der Waals surface area contributed by atoms with Gasteiger partial charge in [0.1, 0.15) is 0 Å². The lowest BCUT2D eigenvalue weighted by molar-refractivity contribution is 1.21. The first-order valence-electron chi connectivity index (χ1n) is 10.4. The molecule has 142 valence electrons. The molecule has 2 aromatic carbocycles. The highest BCUT2D eigenvalue weighted by atomic mass is 29.2. The molecule has 0 aliphatic rings. The summed E-state index contributed by atoms with van der Waals surface area (Å²) in [4.78, 5) is 0. The van der Waals surface area contributed by atoms with Crippen LogP contribution >= 0.6 is 0 Å². The topological polar surface area (TPSA) is 0 Å². The molecule has 0 fully saturated rings. The Morgan fingerprint density at radius 3 is 1.08 bits per heavy atom. The van der Waals surface area contributed by atoms with Crippen molar-refractivity contribution in [2.24, 2.45) is 0 Å². The molecule has 0 heterocycles. The first-order valence-corrected chi connectivity index (χ1v) is 15.9. The van der Waals surface area contributed by atoms with Crippen molar-refractivity contribution in [3.63, 3.8) is 0 Å². The van der Waals surface area contributed by atoms with Crippen LogP contribution in [0.4, 0.5) is 0 Å². The van der Waals surface area contributed by atoms with Gasteiger partial charge in [0.2, 0.25) is 0 Å². The van der Waals surface area contributed by atoms with Crippen LogP contribution in [0.3, 0.4) is 0 Å². The molecule has 0 aliphatic heterocycles. The first-order chi connectivity index (χ1) is 12.2. The van der Waals surface area contributed by atoms with E-state index in [1.807, 2.05) is 0 Å². The smallest absolute Gasteiger partial charge is 0.0680 e. The number of rotatable bonds is 6. The average molecular weight is 383 g/mol. The van der Waals surface area contributed by atoms with E-state index in [9.17, 15) is 0 Å². The van der Waals surface area contributed by atoms with Gasteiger partial charge in [-0.2, -0.15) is 0 Å². The molecular formula is C24H38Si2. The number of aryl methyl sites for hydroxylation is 6. The fourth-order valence-corrected chi connectivity index (χ4v) is 21.9. The van der Waals surface area contributed by atoms with Crippen molar-refractivity contribution >= 4 is 26.3 Å². The molecule has 0 spiro atoms. The zero-order chi connectivity index (χ0) is 19.6. The average Bonchev–Trinajstić information content (AvgIpc) is 2.54. The lowest BCUT2D eigenvalue weighted by Crippen LogP contribution is -2.65. The Morgan fingerprint density at radius 2 is 0.846 bits per heavy atom. The van der Waals surface area contributed by atoms with Gasteiger partial charge < -0.3 is 0 Å². The summed E-state index contributed by atoms with van der Waals surface area (Å²) in [5.41, 5.74) is 9.00. The Hall–Kier alpha value is -1.13. The largest absolute Gasteiger partial charge is 0.0978 e. The minimum absolute atomic E-state index is 1.26. The molecule has 0 saturated carbocycles. The molecule has 0 aliphatic carbocycles. The van der Waals surface area contributed by atoms with E-state index in [2.05, 4.69) is 86.6 Å². The van der Waals surface area contributed by atoms with Gasteiger partial charge in [0.25, 0.3) is 0 Å². The summed E-state index contributed by atoms with van der Waals surface area (Å²) >= 11 is 0. The van der Waals surface area contributed by atoms with E-state index >= 15 is 0 Å². The molecule has 2 heteroatoms. The highest BCUT2D eigenvalue weighted by molar-refractivity contribution is 7.42. The van der Waals surface area contributed by atoms with Gasteiger partial charge >= 0.3 is 0 Å². The Bertz CT molecular complexity index is 673. The van der Waals surface area contributed by atoms with Gasteiger partial charge in [0.05, 0.1) is 15.9 Å². The Morgan fingerprint density at radius 1 is 0.577 bits per heavy atom. The minimum atomic E-state index is -1.35. The van der Waals surface area contributed by atoms with Crippen LogP contribution in [0.1, 0.15) is 54.2 Å². The van der Waals surface area contributed by atoms with Gasteiger partial charge in [-0.05, 0) is 41.5 Å². The second-order valence-electron chi connectivity index (χ2n) is 8.48. The molecule has 0 N–H and O–H groups in total. The van der Waals surface area contributed by atoms with Crippen molar-refractivity contribution in [3.05, 3.63) is 57.6 Å². The summed E-state index contributed by atoms with van der Waals surface area (Å²) in [5, 5.41) is 3.53. The normalized spacial score (nSPS) is 12.1. The van der Waals surface area contributed by atoms with Gasteiger partial charge in [-0.25, -0.2) is 0 Å². The van der Waals surface area contributed by atoms with Crippen molar-refractivity contribution in [2.45, 2.75) is 80.4 Å². The fourth-order valence-electron chi connectivity index (χ4n) is 5.41. The van der Waals surface area contributed by atoms with Gasteiger partial charge in [0.15, 0.2) is 0 Å². The number of hydrogen-bond donors (Lipinski definition) is 0. The lowest BCUT2D eigenvalue weighted by Gasteiger charge is -2.40. The number of benzene rings is 2. The highest BCUT2D eigenvalue weighted by Crippen LogP contribution is 2.27. The predicted molar refractivity (Wildman–Crippen MR) is 125 cm³/mol. The fraction of sp³-hybridized carbons (Fsp3) is 0.500. The predicted octanol–water partition coefficient (Wildman–Crippen LogP) is 5.47. The summed E-state index contributed by atoms with van der Waals surface area (Å²) in [6.45, 7) is 21.4. The maximum atomic E-state index is 2.48. The Kier molecular flexibility index (Phi) is 6.73. The van der Waals surface area contributed by atoms with Gasteiger partial charge in [-0.3, -0.25) is 0 Å². The molecule has 0 amide bonds. The maximum absolute atomic E-state index is 2.48. The monoisotopic (exact) mass is 382 g/mol. The molecule has 0 unspecified atom stereocenters. The van der Waals surface area contributed by atoms with Crippen LogP contribution in [0.25, 0.3) is 0 Å². The van der Waals surface area contributed by atoms with Gasteiger partial charge in [-0.1, -0.05) is 107 Å². The second kappa shape index (κ2) is 8.27. The molecule has 2 rings (SSSR count). The second-order valence-corrected chi connectivity index (χ2v) is 20.8. The molecule has 0 nitrogen and oxygen atoms in total. The number of hydrogen-bond acceptors (Lipinski definition) is 0. The van der Waals surface area contributed by atoms with Crippen molar-refractivity contribution in [3.8, 4) is 0 Å². The molecule has 0 radical (unpaired) electrons. The minimum Gasteiger partial charge on any atom is -0.0680 e. The Labute approximate surface area is 164 Å². The standard InChI is InChI=1S/C24H38Si2/c1-10-26(11-2,12-3)25(23-19(6)13-17(4)14-20(23)7)24-21(8)15-18(5)16-22(24)9/h13-16,25H,10-12H2,1-9H3. The van der Waals surface area contributed by atoms with Crippen LogP contribution in [0.2, 0.25) is 18.1 Å². The molecule has 2 aromatic rings. The van der Waals surface area contributed by atoms with Crippen LogP contribution in [-0.2, 0) is 0 Å². The van der Waals surface area contributed by atoms with Crippen LogP contribution in [-0.4, -0.2) is 15.9 Å². The third kappa shape index (κ3) is 3.77. The van der Waals surface area contributed by atoms with Gasteiger partial charge in [0, 0.05) is 0 Å². The van der Waals surface area contributed by atoms with E-state index in [1.165, 1.54) is 29.3 Å². The lowest BCUT2D eigenvalue weighted by atomic mass is 10.1. The molecule has 0 aromatic heterocycles. The summed E-state index contributed by atoms with van der Waals surface area (Å²) in [6.07, 6.45) is 0. The summed E-state index contributed by atoms with van der Waals surface area (Å²) in [5.74, 6) is 0. The Balaban J connectivity index is 2.90. The van der Waals surface area contributed by atoms with Crippen LogP contribution in [0, 0.1) is 41.5 Å². The summed E-state index contributed by atoms with van der Waals surface area (Å²) < 4.78 is 0. The van der Waals surface area contributed by atoms with E-state index in [0.29, 0.717) is 0 Å². The third-order valence-electron chi connectivity index (χ3n) is 6.78. The van der Waals surface area contributed by atoms with Crippen molar-refractivity contribution in [1.29, 1.82) is 0 Å². The van der Waals surface area contributed by atoms with E-state index in [4.69, 9.17) is 0 Å². The van der Waals surface area contributed by atoms with E-state index in [0.717, 1.165) is 0 Å². The van der Waals surface area contributed by atoms with Gasteiger partial charge in [-0.15, -0.1) is 0 Å². The van der Waals surface area contributed by atoms with E-state index in [-0.39, 0.29) is 0 Å². The highest BCUT2D eigenvalue weighted by Gasteiger charge is 2.42. The summed E-state index contributed by atoms with van der Waals surface area (Å²) in [7, 11) is -2.61. The maximum Gasteiger partial charge on any atom is 0.0978 e. The van der Waals surface area contributed by atoms with Crippen LogP contribution < -0.4 is 10.4 Å². The van der Waals surface area contributed by atoms with Crippen LogP contribution in [0.15, 0.2) is 24.3 Å². The van der Waals surface area contributed by atoms with E-state index in [1.54, 1.807) is 32.6 Å². The zero-order valence-electron chi connectivity index (χ0n) is 18.5. The first kappa shape index (κ1) is 21.2. The quantitative estimate of drug-likeness (QED) is 0.581. The molecule has 0 bridgehead atoms. The SMILES string of the molecule is CC[Si](CC)(CC)[SiH](c1c(C)cc(C)cc1C)c1c(C)cc(C)cc1C. The molecule has 26 heavy (non-hydrogen) atoms. The van der Waals surface area contributed by atoms with Crippen molar-refractivity contribution in [1.82, 2.24) is 0 Å². The molecule has 0 atom stereocenters. The van der Waals surface area contributed by atoms with Crippen molar-refractivity contribution in [2.75, 3.05) is 0 Å². The summed E-state index contributed by atoms with van der Waals surface area (Å²) in [6, 6.07) is 14.0. The van der Waals surface area contributed by atoms with Crippen molar-refractivity contribution < 1.29 is 0 Å². The van der Waals surface area contributed by atoms with E-state index < -0.39 is 15.9 Å². The van der Waals surface area contributed by atoms with Crippen LogP contribution in [0.5, 0.6) is 0 Å².